The van der Waals surface area contributed by atoms with Crippen molar-refractivity contribution in [3.8, 4) is 5.75 Å². The number of nitrogens with one attached hydrogen (secondary N) is 1. The number of methoxy groups -OCH3 is 1. The molecular weight excluding hydrogens is 330 g/mol. The molecule has 0 radical (unpaired) electrons. The zero-order chi connectivity index (χ0) is 18.4. The van der Waals surface area contributed by atoms with Crippen molar-refractivity contribution in [2.75, 3.05) is 18.2 Å². The fourth-order valence-electron chi connectivity index (χ4n) is 2.69. The van der Waals surface area contributed by atoms with Gasteiger partial charge in [0.2, 0.25) is 5.91 Å². The molecule has 0 fully saturated rings. The van der Waals surface area contributed by atoms with Gasteiger partial charge in [0.05, 0.1) is 12.9 Å². The summed E-state index contributed by atoms with van der Waals surface area (Å²) >= 11 is 1.53. The summed E-state index contributed by atoms with van der Waals surface area (Å²) in [4.78, 5) is 13.6. The Morgan fingerprint density at radius 1 is 1.00 bits per heavy atom. The molecule has 0 bridgehead atoms. The molecule has 0 atom stereocenters. The van der Waals surface area contributed by atoms with Crippen molar-refractivity contribution in [1.82, 2.24) is 0 Å². The van der Waals surface area contributed by atoms with E-state index in [1.54, 1.807) is 7.11 Å². The van der Waals surface area contributed by atoms with Crippen molar-refractivity contribution in [3.05, 3.63) is 53.6 Å². The number of amides is 1. The Hall–Kier alpha value is -1.94. The first-order valence-corrected chi connectivity index (χ1v) is 9.60. The quantitative estimate of drug-likeness (QED) is 0.649. The highest BCUT2D eigenvalue weighted by atomic mass is 32.2. The van der Waals surface area contributed by atoms with Gasteiger partial charge >= 0.3 is 0 Å². The highest BCUT2D eigenvalue weighted by Crippen LogP contribution is 2.32. The summed E-state index contributed by atoms with van der Waals surface area (Å²) in [5, 5.41) is 3.15. The lowest BCUT2D eigenvalue weighted by Gasteiger charge is -2.20. The number of carbonyl (C=O) groups excluding carboxylic acids is 1. The molecule has 0 aliphatic rings. The number of anilines is 1. The fourth-order valence-corrected chi connectivity index (χ4v) is 3.39. The van der Waals surface area contributed by atoms with E-state index in [1.165, 1.54) is 22.9 Å². The molecule has 25 heavy (non-hydrogen) atoms. The second-order valence-corrected chi connectivity index (χ2v) is 7.68. The van der Waals surface area contributed by atoms with Gasteiger partial charge in [0.15, 0.2) is 0 Å². The summed E-state index contributed by atoms with van der Waals surface area (Å²) in [5.74, 6) is 1.96. The number of para-hydroxylation sites is 1. The second kappa shape index (κ2) is 8.95. The van der Waals surface area contributed by atoms with Gasteiger partial charge in [0, 0.05) is 10.6 Å². The molecule has 2 aromatic carbocycles. The van der Waals surface area contributed by atoms with Crippen LogP contribution in [0.4, 0.5) is 5.69 Å². The largest absolute Gasteiger partial charge is 0.497 e. The van der Waals surface area contributed by atoms with Gasteiger partial charge in [-0.25, -0.2) is 0 Å². The predicted molar refractivity (Wildman–Crippen MR) is 107 cm³/mol. The van der Waals surface area contributed by atoms with Crippen molar-refractivity contribution >= 4 is 23.4 Å². The molecule has 2 rings (SSSR count). The molecule has 0 unspecified atom stereocenters. The van der Waals surface area contributed by atoms with Gasteiger partial charge in [-0.1, -0.05) is 45.9 Å². The van der Waals surface area contributed by atoms with E-state index in [4.69, 9.17) is 4.74 Å². The van der Waals surface area contributed by atoms with E-state index in [0.29, 0.717) is 17.6 Å². The van der Waals surface area contributed by atoms with Crippen molar-refractivity contribution in [1.29, 1.82) is 0 Å². The van der Waals surface area contributed by atoms with Gasteiger partial charge < -0.3 is 10.1 Å². The van der Waals surface area contributed by atoms with Crippen LogP contribution in [0.15, 0.2) is 47.4 Å². The van der Waals surface area contributed by atoms with Crippen molar-refractivity contribution in [2.24, 2.45) is 0 Å². The summed E-state index contributed by atoms with van der Waals surface area (Å²) in [5.41, 5.74) is 3.36. The van der Waals surface area contributed by atoms with E-state index < -0.39 is 0 Å². The second-order valence-electron chi connectivity index (χ2n) is 6.63. The van der Waals surface area contributed by atoms with E-state index in [-0.39, 0.29) is 5.91 Å². The molecule has 1 N–H and O–H groups in total. The third-order valence-electron chi connectivity index (χ3n) is 4.07. The van der Waals surface area contributed by atoms with E-state index in [0.717, 1.165) is 16.3 Å². The first-order valence-electron chi connectivity index (χ1n) is 8.61. The molecule has 4 heteroatoms. The van der Waals surface area contributed by atoms with Crippen LogP contribution in [-0.4, -0.2) is 18.8 Å². The number of hydrogen-bond donors (Lipinski definition) is 1. The third-order valence-corrected chi connectivity index (χ3v) is 5.08. The maximum absolute atomic E-state index is 12.5. The minimum atomic E-state index is 0.0239. The molecule has 0 saturated heterocycles. The molecule has 0 aliphatic carbocycles. The smallest absolute Gasteiger partial charge is 0.234 e. The van der Waals surface area contributed by atoms with Gasteiger partial charge in [0.1, 0.15) is 5.75 Å². The van der Waals surface area contributed by atoms with Gasteiger partial charge in [-0.15, -0.1) is 11.8 Å². The maximum Gasteiger partial charge on any atom is 0.234 e. The Morgan fingerprint density at radius 2 is 1.56 bits per heavy atom. The number of rotatable bonds is 7. The molecule has 134 valence electrons. The SMILES string of the molecule is COc1ccc(SCC(=O)Nc2c(C(C)C)cccc2C(C)C)cc1. The molecule has 1 amide bonds. The number of benzene rings is 2. The standard InChI is InChI=1S/C21H27NO2S/c1-14(2)18-7-6-8-19(15(3)4)21(18)22-20(23)13-25-17-11-9-16(24-5)10-12-17/h6-12,14-15H,13H2,1-5H3,(H,22,23). The van der Waals surface area contributed by atoms with Gasteiger partial charge in [-0.3, -0.25) is 4.79 Å². The topological polar surface area (TPSA) is 38.3 Å². The molecule has 3 nitrogen and oxygen atoms in total. The average molecular weight is 358 g/mol. The zero-order valence-electron chi connectivity index (χ0n) is 15.6. The monoisotopic (exact) mass is 357 g/mol. The molecule has 0 heterocycles. The van der Waals surface area contributed by atoms with Crippen LogP contribution in [0, 0.1) is 0 Å². The lowest BCUT2D eigenvalue weighted by Crippen LogP contribution is -2.17. The predicted octanol–water partition coefficient (Wildman–Crippen LogP) is 5.67. The van der Waals surface area contributed by atoms with Crippen LogP contribution in [0.5, 0.6) is 5.75 Å². The van der Waals surface area contributed by atoms with Crippen LogP contribution in [0.3, 0.4) is 0 Å². The summed E-state index contributed by atoms with van der Waals surface area (Å²) in [6.07, 6.45) is 0. The maximum atomic E-state index is 12.5. The number of carbonyl (C=O) groups is 1. The Balaban J connectivity index is 2.08. The molecule has 0 aromatic heterocycles. The van der Waals surface area contributed by atoms with Crippen LogP contribution in [0.25, 0.3) is 0 Å². The summed E-state index contributed by atoms with van der Waals surface area (Å²) in [6.45, 7) is 8.62. The highest BCUT2D eigenvalue weighted by molar-refractivity contribution is 8.00. The van der Waals surface area contributed by atoms with E-state index in [2.05, 4.69) is 51.2 Å². The van der Waals surface area contributed by atoms with Gasteiger partial charge in [-0.2, -0.15) is 0 Å². The number of hydrogen-bond acceptors (Lipinski definition) is 3. The van der Waals surface area contributed by atoms with E-state index in [1.807, 2.05) is 24.3 Å². The molecular formula is C21H27NO2S. The fraction of sp³-hybridized carbons (Fsp3) is 0.381. The normalized spacial score (nSPS) is 11.0. The molecule has 0 aliphatic heterocycles. The Labute approximate surface area is 155 Å². The Kier molecular flexibility index (Phi) is 6.94. The van der Waals surface area contributed by atoms with Crippen molar-refractivity contribution in [2.45, 2.75) is 44.4 Å². The first-order chi connectivity index (χ1) is 11.9. The minimum absolute atomic E-state index is 0.0239. The third kappa shape index (κ3) is 5.27. The highest BCUT2D eigenvalue weighted by Gasteiger charge is 2.16. The van der Waals surface area contributed by atoms with Crippen LogP contribution in [0.1, 0.15) is 50.7 Å². The van der Waals surface area contributed by atoms with E-state index >= 15 is 0 Å². The van der Waals surface area contributed by atoms with Crippen LogP contribution in [0.2, 0.25) is 0 Å². The van der Waals surface area contributed by atoms with Crippen LogP contribution in [-0.2, 0) is 4.79 Å². The minimum Gasteiger partial charge on any atom is -0.497 e. The Morgan fingerprint density at radius 3 is 2.04 bits per heavy atom. The van der Waals surface area contributed by atoms with Gasteiger partial charge in [0.25, 0.3) is 0 Å². The first kappa shape index (κ1) is 19.4. The van der Waals surface area contributed by atoms with E-state index in [9.17, 15) is 4.79 Å². The van der Waals surface area contributed by atoms with Crippen LogP contribution >= 0.6 is 11.8 Å². The number of thioether (sulfide) groups is 1. The lowest BCUT2D eigenvalue weighted by molar-refractivity contribution is -0.113. The summed E-state index contributed by atoms with van der Waals surface area (Å²) in [7, 11) is 1.65. The molecule has 0 spiro atoms. The molecule has 0 saturated carbocycles. The molecule has 2 aromatic rings. The summed E-state index contributed by atoms with van der Waals surface area (Å²) < 4.78 is 5.16. The van der Waals surface area contributed by atoms with Crippen LogP contribution < -0.4 is 10.1 Å². The lowest BCUT2D eigenvalue weighted by atomic mass is 9.92. The average Bonchev–Trinajstić information content (AvgIpc) is 2.60. The summed E-state index contributed by atoms with van der Waals surface area (Å²) in [6, 6.07) is 14.0. The number of ether oxygens (including phenoxy) is 1. The Bertz CT molecular complexity index is 682. The van der Waals surface area contributed by atoms with Crippen molar-refractivity contribution < 1.29 is 9.53 Å². The van der Waals surface area contributed by atoms with Crippen molar-refractivity contribution in [3.63, 3.8) is 0 Å². The zero-order valence-corrected chi connectivity index (χ0v) is 16.4. The van der Waals surface area contributed by atoms with Gasteiger partial charge in [-0.05, 0) is 47.2 Å².